The molecule has 2 aromatic rings. The van der Waals surface area contributed by atoms with Crippen molar-refractivity contribution < 1.29 is 14.6 Å². The maximum absolute atomic E-state index is 9.64. The molecule has 106 valence electrons. The summed E-state index contributed by atoms with van der Waals surface area (Å²) in [6.07, 6.45) is 1.69. The highest BCUT2D eigenvalue weighted by atomic mass is 79.9. The van der Waals surface area contributed by atoms with Crippen LogP contribution in [-0.2, 0) is 12.8 Å². The lowest BCUT2D eigenvalue weighted by Gasteiger charge is -2.08. The number of benzene rings is 2. The monoisotopic (exact) mass is 336 g/mol. The summed E-state index contributed by atoms with van der Waals surface area (Å²) in [5.74, 6) is 1.74. The molecule has 20 heavy (non-hydrogen) atoms. The number of ether oxygens (including phenoxy) is 2. The van der Waals surface area contributed by atoms with Crippen LogP contribution in [0.25, 0.3) is 0 Å². The van der Waals surface area contributed by atoms with E-state index in [2.05, 4.69) is 22.0 Å². The summed E-state index contributed by atoms with van der Waals surface area (Å²) in [6, 6.07) is 11.3. The normalized spacial score (nSPS) is 10.3. The molecule has 0 aliphatic heterocycles. The zero-order valence-electron chi connectivity index (χ0n) is 11.5. The van der Waals surface area contributed by atoms with Crippen LogP contribution in [0.1, 0.15) is 11.1 Å². The van der Waals surface area contributed by atoms with Gasteiger partial charge in [-0.25, -0.2) is 0 Å². The highest BCUT2D eigenvalue weighted by Gasteiger charge is 2.04. The average Bonchev–Trinajstić information content (AvgIpc) is 2.44. The van der Waals surface area contributed by atoms with Crippen LogP contribution >= 0.6 is 15.9 Å². The Morgan fingerprint density at radius 1 is 0.850 bits per heavy atom. The first kappa shape index (κ1) is 14.7. The SMILES string of the molecule is COc1cc(O)cc(CCc2cc(Br)cc(OC)c2)c1. The summed E-state index contributed by atoms with van der Waals surface area (Å²) >= 11 is 3.47. The fraction of sp³-hybridized carbons (Fsp3) is 0.250. The van der Waals surface area contributed by atoms with Gasteiger partial charge in [-0.15, -0.1) is 0 Å². The maximum Gasteiger partial charge on any atom is 0.122 e. The predicted octanol–water partition coefficient (Wildman–Crippen LogP) is 3.96. The summed E-state index contributed by atoms with van der Waals surface area (Å²) < 4.78 is 11.4. The Hall–Kier alpha value is -1.68. The van der Waals surface area contributed by atoms with Crippen LogP contribution in [0.5, 0.6) is 17.2 Å². The lowest BCUT2D eigenvalue weighted by Crippen LogP contribution is -1.94. The molecule has 0 saturated heterocycles. The zero-order chi connectivity index (χ0) is 14.5. The third-order valence-electron chi connectivity index (χ3n) is 3.06. The van der Waals surface area contributed by atoms with Crippen LogP contribution in [0, 0.1) is 0 Å². The van der Waals surface area contributed by atoms with Crippen molar-refractivity contribution in [3.63, 3.8) is 0 Å². The summed E-state index contributed by atoms with van der Waals surface area (Å²) in [4.78, 5) is 0. The van der Waals surface area contributed by atoms with Crippen molar-refractivity contribution in [3.05, 3.63) is 52.0 Å². The van der Waals surface area contributed by atoms with E-state index in [9.17, 15) is 5.11 Å². The van der Waals surface area contributed by atoms with Crippen molar-refractivity contribution in [2.24, 2.45) is 0 Å². The number of phenolic OH excluding ortho intramolecular Hbond substituents is 1. The van der Waals surface area contributed by atoms with E-state index in [-0.39, 0.29) is 5.75 Å². The van der Waals surface area contributed by atoms with Gasteiger partial charge in [-0.3, -0.25) is 0 Å². The van der Waals surface area contributed by atoms with Crippen LogP contribution in [0.4, 0.5) is 0 Å². The molecule has 0 aromatic heterocycles. The third-order valence-corrected chi connectivity index (χ3v) is 3.51. The lowest BCUT2D eigenvalue weighted by atomic mass is 10.0. The molecule has 0 heterocycles. The molecule has 0 aliphatic rings. The zero-order valence-corrected chi connectivity index (χ0v) is 13.1. The second kappa shape index (κ2) is 6.66. The first-order valence-electron chi connectivity index (χ1n) is 6.31. The van der Waals surface area contributed by atoms with Gasteiger partial charge in [-0.1, -0.05) is 15.9 Å². The van der Waals surface area contributed by atoms with Crippen molar-refractivity contribution in [1.82, 2.24) is 0 Å². The summed E-state index contributed by atoms with van der Waals surface area (Å²) in [5.41, 5.74) is 2.22. The molecule has 2 rings (SSSR count). The van der Waals surface area contributed by atoms with Crippen molar-refractivity contribution in [2.45, 2.75) is 12.8 Å². The minimum atomic E-state index is 0.228. The molecule has 0 fully saturated rings. The smallest absolute Gasteiger partial charge is 0.122 e. The number of halogens is 1. The minimum absolute atomic E-state index is 0.228. The Bertz CT molecular complexity index is 543. The second-order valence-electron chi connectivity index (χ2n) is 4.54. The predicted molar refractivity (Wildman–Crippen MR) is 82.8 cm³/mol. The van der Waals surface area contributed by atoms with E-state index < -0.39 is 0 Å². The molecular formula is C16H17BrO3. The van der Waals surface area contributed by atoms with Gasteiger partial charge in [0, 0.05) is 10.5 Å². The van der Waals surface area contributed by atoms with Crippen LogP contribution in [0.3, 0.4) is 0 Å². The Balaban J connectivity index is 2.12. The fourth-order valence-corrected chi connectivity index (χ4v) is 2.60. The van der Waals surface area contributed by atoms with E-state index in [1.54, 1.807) is 26.4 Å². The van der Waals surface area contributed by atoms with E-state index >= 15 is 0 Å². The first-order valence-corrected chi connectivity index (χ1v) is 7.10. The molecule has 3 nitrogen and oxygen atoms in total. The van der Waals surface area contributed by atoms with Crippen molar-refractivity contribution in [2.75, 3.05) is 14.2 Å². The van der Waals surface area contributed by atoms with Gasteiger partial charge in [0.15, 0.2) is 0 Å². The van der Waals surface area contributed by atoms with Crippen molar-refractivity contribution in [3.8, 4) is 17.2 Å². The van der Waals surface area contributed by atoms with Crippen LogP contribution in [0.2, 0.25) is 0 Å². The number of hydrogen-bond acceptors (Lipinski definition) is 3. The van der Waals surface area contributed by atoms with Gasteiger partial charge in [-0.2, -0.15) is 0 Å². The van der Waals surface area contributed by atoms with Crippen molar-refractivity contribution >= 4 is 15.9 Å². The van der Waals surface area contributed by atoms with Gasteiger partial charge in [0.2, 0.25) is 0 Å². The van der Waals surface area contributed by atoms with Gasteiger partial charge < -0.3 is 14.6 Å². The molecule has 0 aliphatic carbocycles. The molecule has 2 aromatic carbocycles. The molecular weight excluding hydrogens is 320 g/mol. The molecule has 1 N–H and O–H groups in total. The summed E-state index contributed by atoms with van der Waals surface area (Å²) in [7, 11) is 3.25. The van der Waals surface area contributed by atoms with Gasteiger partial charge >= 0.3 is 0 Å². The summed E-state index contributed by atoms with van der Waals surface area (Å²) in [5, 5.41) is 9.64. The number of aryl methyl sites for hydroxylation is 2. The van der Waals surface area contributed by atoms with E-state index in [0.29, 0.717) is 5.75 Å². The fourth-order valence-electron chi connectivity index (χ4n) is 2.08. The van der Waals surface area contributed by atoms with Gasteiger partial charge in [0.05, 0.1) is 14.2 Å². The standard InChI is InChI=1S/C16H17BrO3/c1-19-15-7-11(5-13(17)9-15)3-4-12-6-14(18)10-16(8-12)20-2/h5-10,18H,3-4H2,1-2H3. The molecule has 0 saturated carbocycles. The number of methoxy groups -OCH3 is 2. The Morgan fingerprint density at radius 3 is 2.00 bits per heavy atom. The second-order valence-corrected chi connectivity index (χ2v) is 5.45. The highest BCUT2D eigenvalue weighted by molar-refractivity contribution is 9.10. The van der Waals surface area contributed by atoms with Gasteiger partial charge in [0.1, 0.15) is 17.2 Å². The van der Waals surface area contributed by atoms with E-state index in [0.717, 1.165) is 28.6 Å². The molecule has 0 unspecified atom stereocenters. The maximum atomic E-state index is 9.64. The molecule has 0 radical (unpaired) electrons. The van der Waals surface area contributed by atoms with Crippen LogP contribution < -0.4 is 9.47 Å². The van der Waals surface area contributed by atoms with Crippen molar-refractivity contribution in [1.29, 1.82) is 0 Å². The number of hydrogen-bond donors (Lipinski definition) is 1. The Kier molecular flexibility index (Phi) is 4.90. The molecule has 0 spiro atoms. The van der Waals surface area contributed by atoms with Crippen LogP contribution in [0.15, 0.2) is 40.9 Å². The van der Waals surface area contributed by atoms with Gasteiger partial charge in [0.25, 0.3) is 0 Å². The Labute approximate surface area is 127 Å². The topological polar surface area (TPSA) is 38.7 Å². The largest absolute Gasteiger partial charge is 0.508 e. The molecule has 0 atom stereocenters. The number of aromatic hydroxyl groups is 1. The molecule has 0 bridgehead atoms. The van der Waals surface area contributed by atoms with E-state index in [4.69, 9.17) is 9.47 Å². The van der Waals surface area contributed by atoms with E-state index in [1.165, 1.54) is 5.56 Å². The highest BCUT2D eigenvalue weighted by Crippen LogP contribution is 2.25. The number of phenols is 1. The quantitative estimate of drug-likeness (QED) is 0.898. The van der Waals surface area contributed by atoms with Crippen LogP contribution in [-0.4, -0.2) is 19.3 Å². The summed E-state index contributed by atoms with van der Waals surface area (Å²) in [6.45, 7) is 0. The van der Waals surface area contributed by atoms with E-state index in [1.807, 2.05) is 18.2 Å². The average molecular weight is 337 g/mol. The number of rotatable bonds is 5. The van der Waals surface area contributed by atoms with Gasteiger partial charge in [-0.05, 0) is 54.3 Å². The lowest BCUT2D eigenvalue weighted by molar-refractivity contribution is 0.407. The minimum Gasteiger partial charge on any atom is -0.508 e. The first-order chi connectivity index (χ1) is 9.60. The molecule has 0 amide bonds. The molecule has 4 heteroatoms. The third kappa shape index (κ3) is 3.90. The Morgan fingerprint density at radius 2 is 1.40 bits per heavy atom.